The Hall–Kier alpha value is -0.360. The SMILES string of the molecule is CCCC[C@@H](CC)COC(=O)CSCSCC(=O)OC[C@H](CC)CCCC. The van der Waals surface area contributed by atoms with E-state index in [1.54, 1.807) is 0 Å². The van der Waals surface area contributed by atoms with Crippen LogP contribution in [-0.4, -0.2) is 41.7 Å². The van der Waals surface area contributed by atoms with Crippen molar-refractivity contribution in [3.05, 3.63) is 0 Å². The second kappa shape index (κ2) is 19.0. The third-order valence-corrected chi connectivity index (χ3v) is 6.87. The van der Waals surface area contributed by atoms with Gasteiger partial charge in [0.05, 0.1) is 24.7 Å². The van der Waals surface area contributed by atoms with Crippen LogP contribution in [0.2, 0.25) is 0 Å². The molecule has 0 fully saturated rings. The number of unbranched alkanes of at least 4 members (excludes halogenated alkanes) is 2. The van der Waals surface area contributed by atoms with Gasteiger partial charge in [-0.25, -0.2) is 0 Å². The van der Waals surface area contributed by atoms with E-state index in [1.165, 1.54) is 49.2 Å². The van der Waals surface area contributed by atoms with E-state index in [0.29, 0.717) is 41.6 Å². The van der Waals surface area contributed by atoms with E-state index in [4.69, 9.17) is 9.47 Å². The van der Waals surface area contributed by atoms with Crippen LogP contribution in [-0.2, 0) is 19.1 Å². The van der Waals surface area contributed by atoms with Crippen molar-refractivity contribution in [1.82, 2.24) is 0 Å². The molecule has 0 aliphatic heterocycles. The molecule has 0 amide bonds. The van der Waals surface area contributed by atoms with Gasteiger partial charge in [0.2, 0.25) is 0 Å². The summed E-state index contributed by atoms with van der Waals surface area (Å²) in [5.41, 5.74) is 0. The molecule has 0 bridgehead atoms. The molecule has 160 valence electrons. The van der Waals surface area contributed by atoms with Crippen LogP contribution in [0, 0.1) is 11.8 Å². The lowest BCUT2D eigenvalue weighted by atomic mass is 10.0. The van der Waals surface area contributed by atoms with Crippen LogP contribution in [0.5, 0.6) is 0 Å². The van der Waals surface area contributed by atoms with Crippen molar-refractivity contribution >= 4 is 35.5 Å². The van der Waals surface area contributed by atoms with Crippen LogP contribution in [0.15, 0.2) is 0 Å². The topological polar surface area (TPSA) is 52.6 Å². The van der Waals surface area contributed by atoms with E-state index in [1.807, 2.05) is 0 Å². The molecule has 2 atom stereocenters. The molecule has 0 aromatic carbocycles. The van der Waals surface area contributed by atoms with Crippen LogP contribution < -0.4 is 0 Å². The van der Waals surface area contributed by atoms with Gasteiger partial charge in [-0.3, -0.25) is 9.59 Å². The summed E-state index contributed by atoms with van der Waals surface area (Å²) < 4.78 is 10.7. The van der Waals surface area contributed by atoms with Gasteiger partial charge in [-0.05, 0) is 24.7 Å². The Balaban J connectivity index is 3.68. The zero-order valence-corrected chi connectivity index (χ0v) is 19.4. The van der Waals surface area contributed by atoms with Gasteiger partial charge in [-0.1, -0.05) is 66.2 Å². The van der Waals surface area contributed by atoms with Gasteiger partial charge < -0.3 is 9.47 Å². The zero-order valence-electron chi connectivity index (χ0n) is 17.8. The highest BCUT2D eigenvalue weighted by Gasteiger charge is 2.12. The van der Waals surface area contributed by atoms with Crippen LogP contribution in [0.1, 0.15) is 79.1 Å². The van der Waals surface area contributed by atoms with E-state index in [0.717, 1.165) is 25.7 Å². The van der Waals surface area contributed by atoms with Crippen LogP contribution >= 0.6 is 23.5 Å². The molecule has 0 saturated carbocycles. The standard InChI is InChI=1S/C21H40O4S2/c1-5-9-11-18(7-3)13-24-20(22)15-26-17-27-16-21(23)25-14-19(8-4)12-10-6-2/h18-19H,5-17H2,1-4H3/t18-,19-/m1/s1. The number of carbonyl (C=O) groups is 2. The second-order valence-corrected chi connectivity index (χ2v) is 9.35. The molecule has 0 heterocycles. The van der Waals surface area contributed by atoms with Crippen molar-refractivity contribution < 1.29 is 19.1 Å². The molecule has 0 saturated heterocycles. The minimum absolute atomic E-state index is 0.153. The number of rotatable bonds is 18. The smallest absolute Gasteiger partial charge is 0.315 e. The van der Waals surface area contributed by atoms with Crippen molar-refractivity contribution in [2.45, 2.75) is 79.1 Å². The molecule has 27 heavy (non-hydrogen) atoms. The average molecular weight is 421 g/mol. The summed E-state index contributed by atoms with van der Waals surface area (Å²) >= 11 is 3.00. The van der Waals surface area contributed by atoms with Gasteiger partial charge >= 0.3 is 11.9 Å². The Kier molecular flexibility index (Phi) is 18.7. The molecule has 0 radical (unpaired) electrons. The lowest BCUT2D eigenvalue weighted by molar-refractivity contribution is -0.142. The highest BCUT2D eigenvalue weighted by molar-refractivity contribution is 8.16. The second-order valence-electron chi connectivity index (χ2n) is 7.01. The molecule has 0 aromatic heterocycles. The van der Waals surface area contributed by atoms with Crippen molar-refractivity contribution in [1.29, 1.82) is 0 Å². The third-order valence-electron chi connectivity index (χ3n) is 4.65. The molecule has 0 rings (SSSR count). The van der Waals surface area contributed by atoms with E-state index < -0.39 is 0 Å². The number of esters is 2. The largest absolute Gasteiger partial charge is 0.465 e. The fourth-order valence-corrected chi connectivity index (χ4v) is 4.25. The highest BCUT2D eigenvalue weighted by atomic mass is 32.2. The minimum atomic E-state index is -0.153. The van der Waals surface area contributed by atoms with Gasteiger partial charge in [0.1, 0.15) is 0 Å². The Morgan fingerprint density at radius 1 is 0.741 bits per heavy atom. The molecule has 0 spiro atoms. The molecule has 0 N–H and O–H groups in total. The first kappa shape index (κ1) is 26.6. The van der Waals surface area contributed by atoms with E-state index in [9.17, 15) is 9.59 Å². The first-order valence-corrected chi connectivity index (χ1v) is 12.8. The predicted octanol–water partition coefficient (Wildman–Crippen LogP) is 5.93. The molecular formula is C21H40O4S2. The van der Waals surface area contributed by atoms with Crippen LogP contribution in [0.3, 0.4) is 0 Å². The molecule has 0 aliphatic carbocycles. The summed E-state index contributed by atoms with van der Waals surface area (Å²) in [6, 6.07) is 0. The first-order chi connectivity index (χ1) is 13.1. The van der Waals surface area contributed by atoms with Crippen molar-refractivity contribution in [3.63, 3.8) is 0 Å². The van der Waals surface area contributed by atoms with Gasteiger partial charge in [-0.15, -0.1) is 23.5 Å². The van der Waals surface area contributed by atoms with E-state index >= 15 is 0 Å². The van der Waals surface area contributed by atoms with Crippen molar-refractivity contribution in [3.8, 4) is 0 Å². The lowest BCUT2D eigenvalue weighted by Crippen LogP contribution is -2.16. The lowest BCUT2D eigenvalue weighted by Gasteiger charge is -2.14. The Bertz CT molecular complexity index is 343. The molecule has 0 aliphatic rings. The van der Waals surface area contributed by atoms with Gasteiger partial charge in [0.15, 0.2) is 0 Å². The molecule has 6 heteroatoms. The fourth-order valence-electron chi connectivity index (χ4n) is 2.61. The highest BCUT2D eigenvalue weighted by Crippen LogP contribution is 2.16. The summed E-state index contributed by atoms with van der Waals surface area (Å²) in [4.78, 5) is 23.6. The molecular weight excluding hydrogens is 380 g/mol. The number of thioether (sulfide) groups is 2. The molecule has 4 nitrogen and oxygen atoms in total. The van der Waals surface area contributed by atoms with Crippen LogP contribution in [0.4, 0.5) is 0 Å². The third kappa shape index (κ3) is 16.3. The van der Waals surface area contributed by atoms with Crippen molar-refractivity contribution in [2.24, 2.45) is 11.8 Å². The van der Waals surface area contributed by atoms with E-state index in [-0.39, 0.29) is 11.9 Å². The zero-order chi connectivity index (χ0) is 20.3. The maximum atomic E-state index is 11.8. The number of hydrogen-bond acceptors (Lipinski definition) is 6. The Morgan fingerprint density at radius 3 is 1.48 bits per heavy atom. The average Bonchev–Trinajstić information content (AvgIpc) is 2.68. The fraction of sp³-hybridized carbons (Fsp3) is 0.905. The maximum absolute atomic E-state index is 11.8. The number of carbonyl (C=O) groups excluding carboxylic acids is 2. The van der Waals surface area contributed by atoms with Gasteiger partial charge in [-0.2, -0.15) is 0 Å². The Labute approximate surface area is 175 Å². The predicted molar refractivity (Wildman–Crippen MR) is 118 cm³/mol. The summed E-state index contributed by atoms with van der Waals surface area (Å²) in [5, 5.41) is 0.699. The summed E-state index contributed by atoms with van der Waals surface area (Å²) in [7, 11) is 0. The van der Waals surface area contributed by atoms with E-state index in [2.05, 4.69) is 27.7 Å². The summed E-state index contributed by atoms with van der Waals surface area (Å²) in [6.07, 6.45) is 9.09. The van der Waals surface area contributed by atoms with Gasteiger partial charge in [0, 0.05) is 5.08 Å². The van der Waals surface area contributed by atoms with Gasteiger partial charge in [0.25, 0.3) is 0 Å². The maximum Gasteiger partial charge on any atom is 0.315 e. The molecule has 0 unspecified atom stereocenters. The monoisotopic (exact) mass is 420 g/mol. The summed E-state index contributed by atoms with van der Waals surface area (Å²) in [5.74, 6) is 1.35. The normalized spacial score (nSPS) is 13.2. The minimum Gasteiger partial charge on any atom is -0.465 e. The summed E-state index contributed by atoms with van der Waals surface area (Å²) in [6.45, 7) is 9.71. The number of hydrogen-bond donors (Lipinski definition) is 0. The van der Waals surface area contributed by atoms with Crippen LogP contribution in [0.25, 0.3) is 0 Å². The molecule has 0 aromatic rings. The number of ether oxygens (including phenoxy) is 2. The quantitative estimate of drug-likeness (QED) is 0.156. The van der Waals surface area contributed by atoms with Crippen molar-refractivity contribution in [2.75, 3.05) is 29.8 Å². The Morgan fingerprint density at radius 2 is 1.15 bits per heavy atom. The first-order valence-electron chi connectivity index (χ1n) is 10.5.